The van der Waals surface area contributed by atoms with Crippen LogP contribution in [0.25, 0.3) is 6.08 Å². The molecule has 0 saturated carbocycles. The molecule has 2 aromatic rings. The van der Waals surface area contributed by atoms with Crippen LogP contribution in [0.15, 0.2) is 36.1 Å². The first-order valence-corrected chi connectivity index (χ1v) is 9.22. The molecule has 2 aromatic carbocycles. The predicted molar refractivity (Wildman–Crippen MR) is 103 cm³/mol. The Kier molecular flexibility index (Phi) is 4.88. The highest BCUT2D eigenvalue weighted by molar-refractivity contribution is 6.15. The van der Waals surface area contributed by atoms with Crippen molar-refractivity contribution in [2.45, 2.75) is 26.9 Å². The van der Waals surface area contributed by atoms with Crippen molar-refractivity contribution in [1.29, 1.82) is 0 Å². The minimum Gasteiger partial charge on any atom is -0.481 e. The highest BCUT2D eigenvalue weighted by Gasteiger charge is 2.30. The van der Waals surface area contributed by atoms with Gasteiger partial charge in [0, 0.05) is 5.56 Å². The molecule has 2 aliphatic rings. The summed E-state index contributed by atoms with van der Waals surface area (Å²) >= 11 is 0. The van der Waals surface area contributed by atoms with Gasteiger partial charge < -0.3 is 23.7 Å². The average Bonchev–Trinajstić information content (AvgIpc) is 3.26. The van der Waals surface area contributed by atoms with Gasteiger partial charge in [-0.25, -0.2) is 4.79 Å². The third kappa shape index (κ3) is 3.76. The zero-order valence-electron chi connectivity index (χ0n) is 16.3. The Morgan fingerprint density at radius 1 is 1.17 bits per heavy atom. The number of fused-ring (bicyclic) bond motifs is 2. The fourth-order valence-corrected chi connectivity index (χ4v) is 3.11. The average molecular weight is 396 g/mol. The van der Waals surface area contributed by atoms with E-state index in [2.05, 4.69) is 0 Å². The van der Waals surface area contributed by atoms with E-state index in [9.17, 15) is 9.59 Å². The van der Waals surface area contributed by atoms with Crippen molar-refractivity contribution >= 4 is 17.8 Å². The summed E-state index contributed by atoms with van der Waals surface area (Å²) in [5, 5.41) is 0. The number of carbonyl (C=O) groups is 2. The zero-order valence-corrected chi connectivity index (χ0v) is 16.3. The Morgan fingerprint density at radius 2 is 1.97 bits per heavy atom. The number of benzene rings is 2. The smallest absolute Gasteiger partial charge is 0.344 e. The van der Waals surface area contributed by atoms with Gasteiger partial charge in [0.25, 0.3) is 0 Å². The SMILES string of the molecule is Cc1c(OCC(=O)OC(C)C)ccc2c1O/C(=C\c1ccc3c(c1)OCO3)C2=O. The molecular weight excluding hydrogens is 376 g/mol. The third-order valence-electron chi connectivity index (χ3n) is 4.44. The van der Waals surface area contributed by atoms with Crippen LogP contribution in [-0.4, -0.2) is 31.3 Å². The second-order valence-electron chi connectivity index (χ2n) is 6.95. The summed E-state index contributed by atoms with van der Waals surface area (Å²) < 4.78 is 27.1. The minimum atomic E-state index is -0.458. The molecule has 0 unspecified atom stereocenters. The van der Waals surface area contributed by atoms with Gasteiger partial charge in [-0.3, -0.25) is 4.79 Å². The molecule has 0 N–H and O–H groups in total. The summed E-state index contributed by atoms with van der Waals surface area (Å²) in [4.78, 5) is 24.4. The number of ketones is 1. The van der Waals surface area contributed by atoms with Crippen molar-refractivity contribution in [3.05, 3.63) is 52.8 Å². The number of hydrogen-bond acceptors (Lipinski definition) is 7. The monoisotopic (exact) mass is 396 g/mol. The van der Waals surface area contributed by atoms with E-state index in [0.717, 1.165) is 5.56 Å². The van der Waals surface area contributed by atoms with Gasteiger partial charge in [-0.2, -0.15) is 0 Å². The molecule has 2 aliphatic heterocycles. The largest absolute Gasteiger partial charge is 0.481 e. The first-order chi connectivity index (χ1) is 13.9. The van der Waals surface area contributed by atoms with E-state index in [1.54, 1.807) is 51.1 Å². The van der Waals surface area contributed by atoms with E-state index in [4.69, 9.17) is 23.7 Å². The maximum absolute atomic E-state index is 12.7. The van der Waals surface area contributed by atoms with Gasteiger partial charge >= 0.3 is 5.97 Å². The van der Waals surface area contributed by atoms with E-state index in [1.807, 2.05) is 6.07 Å². The number of carbonyl (C=O) groups excluding carboxylic acids is 2. The quantitative estimate of drug-likeness (QED) is 0.563. The van der Waals surface area contributed by atoms with Crippen LogP contribution in [0, 0.1) is 6.92 Å². The van der Waals surface area contributed by atoms with Gasteiger partial charge in [0.2, 0.25) is 12.6 Å². The maximum atomic E-state index is 12.7. The molecule has 7 nitrogen and oxygen atoms in total. The lowest BCUT2D eigenvalue weighted by atomic mass is 10.1. The summed E-state index contributed by atoms with van der Waals surface area (Å²) in [5.41, 5.74) is 1.85. The van der Waals surface area contributed by atoms with Crippen molar-refractivity contribution in [3.63, 3.8) is 0 Å². The van der Waals surface area contributed by atoms with Gasteiger partial charge in [0.1, 0.15) is 11.5 Å². The molecule has 0 aromatic heterocycles. The molecule has 0 bridgehead atoms. The summed E-state index contributed by atoms with van der Waals surface area (Å²) in [6.45, 7) is 5.28. The fourth-order valence-electron chi connectivity index (χ4n) is 3.11. The predicted octanol–water partition coefficient (Wildman–Crippen LogP) is 3.67. The summed E-state index contributed by atoms with van der Waals surface area (Å²) in [6, 6.07) is 8.68. The van der Waals surface area contributed by atoms with E-state index in [-0.39, 0.29) is 31.0 Å². The van der Waals surface area contributed by atoms with E-state index in [0.29, 0.717) is 34.1 Å². The van der Waals surface area contributed by atoms with E-state index in [1.165, 1.54) is 0 Å². The molecule has 0 fully saturated rings. The van der Waals surface area contributed by atoms with Crippen LogP contribution in [0.2, 0.25) is 0 Å². The molecule has 150 valence electrons. The highest BCUT2D eigenvalue weighted by atomic mass is 16.7. The molecule has 0 spiro atoms. The molecule has 4 rings (SSSR count). The van der Waals surface area contributed by atoms with Gasteiger partial charge in [-0.05, 0) is 56.7 Å². The lowest BCUT2D eigenvalue weighted by Gasteiger charge is -2.12. The van der Waals surface area contributed by atoms with Crippen molar-refractivity contribution < 1.29 is 33.3 Å². The van der Waals surface area contributed by atoms with Crippen molar-refractivity contribution in [2.75, 3.05) is 13.4 Å². The molecule has 7 heteroatoms. The topological polar surface area (TPSA) is 80.3 Å². The first-order valence-electron chi connectivity index (χ1n) is 9.22. The van der Waals surface area contributed by atoms with E-state index >= 15 is 0 Å². The summed E-state index contributed by atoms with van der Waals surface area (Å²) in [6.07, 6.45) is 1.45. The Labute approximate surface area is 167 Å². The standard InChI is InChI=1S/C22H20O7/c1-12(2)28-20(23)10-25-16-7-5-15-21(24)19(29-22(15)13(16)3)9-14-4-6-17-18(8-14)27-11-26-17/h4-9,12H,10-11H2,1-3H3/b19-9-. The second-order valence-corrected chi connectivity index (χ2v) is 6.95. The maximum Gasteiger partial charge on any atom is 0.344 e. The molecule has 0 atom stereocenters. The molecule has 0 amide bonds. The van der Waals surface area contributed by atoms with Crippen molar-refractivity contribution in [2.24, 2.45) is 0 Å². The molecule has 0 saturated heterocycles. The Balaban J connectivity index is 1.53. The number of ether oxygens (including phenoxy) is 5. The molecular formula is C22H20O7. The van der Waals surface area contributed by atoms with Crippen LogP contribution in [0.1, 0.15) is 35.3 Å². The van der Waals surface area contributed by atoms with Crippen LogP contribution in [0.5, 0.6) is 23.0 Å². The van der Waals surface area contributed by atoms with Gasteiger partial charge in [0.05, 0.1) is 11.7 Å². The van der Waals surface area contributed by atoms with E-state index < -0.39 is 5.97 Å². The second kappa shape index (κ2) is 7.50. The van der Waals surface area contributed by atoms with Crippen LogP contribution in [-0.2, 0) is 9.53 Å². The van der Waals surface area contributed by atoms with Crippen molar-refractivity contribution in [1.82, 2.24) is 0 Å². The Morgan fingerprint density at radius 3 is 2.76 bits per heavy atom. The lowest BCUT2D eigenvalue weighted by Crippen LogP contribution is -2.19. The first kappa shape index (κ1) is 18.9. The molecule has 29 heavy (non-hydrogen) atoms. The third-order valence-corrected chi connectivity index (χ3v) is 4.44. The lowest BCUT2D eigenvalue weighted by molar-refractivity contribution is -0.149. The normalized spacial score (nSPS) is 15.4. The number of esters is 1. The minimum absolute atomic E-state index is 0.183. The molecule has 2 heterocycles. The summed E-state index contributed by atoms with van der Waals surface area (Å²) in [5.74, 6) is 1.72. The van der Waals surface area contributed by atoms with Gasteiger partial charge in [0.15, 0.2) is 23.9 Å². The number of rotatable bonds is 5. The van der Waals surface area contributed by atoms with Crippen LogP contribution in [0.3, 0.4) is 0 Å². The molecule has 0 radical (unpaired) electrons. The highest BCUT2D eigenvalue weighted by Crippen LogP contribution is 2.40. The number of hydrogen-bond donors (Lipinski definition) is 0. The Hall–Kier alpha value is -3.48. The van der Waals surface area contributed by atoms with Crippen LogP contribution in [0.4, 0.5) is 0 Å². The number of Topliss-reactive ketones (excluding diaryl/α,β-unsaturated/α-hetero) is 1. The van der Waals surface area contributed by atoms with Crippen LogP contribution >= 0.6 is 0 Å². The fraction of sp³-hybridized carbons (Fsp3) is 0.273. The van der Waals surface area contributed by atoms with Crippen molar-refractivity contribution in [3.8, 4) is 23.0 Å². The molecule has 0 aliphatic carbocycles. The van der Waals surface area contributed by atoms with Gasteiger partial charge in [-0.1, -0.05) is 6.07 Å². The Bertz CT molecular complexity index is 1020. The summed E-state index contributed by atoms with van der Waals surface area (Å²) in [7, 11) is 0. The van der Waals surface area contributed by atoms with Gasteiger partial charge in [-0.15, -0.1) is 0 Å². The number of allylic oxidation sites excluding steroid dienone is 1. The van der Waals surface area contributed by atoms with Crippen LogP contribution < -0.4 is 18.9 Å². The zero-order chi connectivity index (χ0) is 20.5.